The third-order valence-electron chi connectivity index (χ3n) is 0.820. The summed E-state index contributed by atoms with van der Waals surface area (Å²) in [5.74, 6) is -1.03. The Kier molecular flexibility index (Phi) is 0.888. The van der Waals surface area contributed by atoms with Gasteiger partial charge in [-0.2, -0.15) is 0 Å². The molecule has 0 aliphatic carbocycles. The van der Waals surface area contributed by atoms with Gasteiger partial charge < -0.3 is 20.5 Å². The van der Waals surface area contributed by atoms with Crippen molar-refractivity contribution < 1.29 is 14.7 Å². The number of hydrogen-bond acceptors (Lipinski definition) is 5. The number of oxazole rings is 1. The first-order valence-corrected chi connectivity index (χ1v) is 2.07. The lowest BCUT2D eigenvalue weighted by Crippen LogP contribution is -2.09. The summed E-state index contributed by atoms with van der Waals surface area (Å²) in [6, 6.07) is 0. The first kappa shape index (κ1) is 5.54. The maximum Gasteiger partial charge on any atom is 0.333 e. The second-order valence-electron chi connectivity index (χ2n) is 1.41. The molecule has 1 heterocycles. The van der Waals surface area contributed by atoms with Crippen molar-refractivity contribution in [2.45, 2.75) is 0 Å². The highest BCUT2D eigenvalue weighted by molar-refractivity contribution is 5.34. The fourth-order valence-corrected chi connectivity index (χ4v) is 0.394. The molecule has 0 aliphatic rings. The highest BCUT2D eigenvalue weighted by Gasteiger charge is 2.07. The summed E-state index contributed by atoms with van der Waals surface area (Å²) in [5, 5.41) is 23.8. The molecule has 0 atom stereocenters. The van der Waals surface area contributed by atoms with Crippen LogP contribution in [-0.4, -0.2) is 15.0 Å². The zero-order chi connectivity index (χ0) is 7.02. The van der Waals surface area contributed by atoms with Gasteiger partial charge in [-0.25, -0.2) is 5.41 Å². The summed E-state index contributed by atoms with van der Waals surface area (Å²) in [6.45, 7) is 0. The molecule has 50 valence electrons. The van der Waals surface area contributed by atoms with Crippen molar-refractivity contribution in [2.75, 3.05) is 5.73 Å². The van der Waals surface area contributed by atoms with Crippen molar-refractivity contribution in [1.29, 1.82) is 5.41 Å². The van der Waals surface area contributed by atoms with Gasteiger partial charge in [-0.05, 0) is 0 Å². The SMILES string of the molecule is N=c1oc(N)c(O)n1O. The fourth-order valence-electron chi connectivity index (χ4n) is 0.394. The Labute approximate surface area is 49.2 Å². The van der Waals surface area contributed by atoms with Crippen LogP contribution in [0.1, 0.15) is 0 Å². The minimum absolute atomic E-state index is 0.134. The van der Waals surface area contributed by atoms with E-state index < -0.39 is 11.6 Å². The summed E-state index contributed by atoms with van der Waals surface area (Å²) in [4.78, 5) is 0. The van der Waals surface area contributed by atoms with Gasteiger partial charge in [0.2, 0.25) is 0 Å². The molecule has 6 nitrogen and oxygen atoms in total. The molecular formula is C3H5N3O3. The molecule has 0 aromatic carbocycles. The number of aromatic hydroxyl groups is 1. The van der Waals surface area contributed by atoms with Crippen LogP contribution in [0.15, 0.2) is 4.42 Å². The molecule has 0 aliphatic heterocycles. The molecule has 1 aromatic heterocycles. The third kappa shape index (κ3) is 0.600. The predicted molar refractivity (Wildman–Crippen MR) is 25.8 cm³/mol. The molecule has 0 saturated carbocycles. The van der Waals surface area contributed by atoms with Gasteiger partial charge in [-0.1, -0.05) is 4.73 Å². The van der Waals surface area contributed by atoms with Crippen molar-refractivity contribution in [3.8, 4) is 5.88 Å². The number of nitrogen functional groups attached to an aromatic ring is 1. The topological polar surface area (TPSA) is 108 Å². The number of rotatable bonds is 0. The van der Waals surface area contributed by atoms with Crippen molar-refractivity contribution in [3.05, 3.63) is 5.68 Å². The molecule has 0 spiro atoms. The van der Waals surface area contributed by atoms with Crippen LogP contribution in [0.2, 0.25) is 0 Å². The standard InChI is InChI=1S/C3H5N3O3/c4-1-2(7)6(8)3(5)9-1/h5,7-8H,4H2. The number of hydrogen-bond donors (Lipinski definition) is 4. The summed E-state index contributed by atoms with van der Waals surface area (Å²) in [6.07, 6.45) is 0. The van der Waals surface area contributed by atoms with Gasteiger partial charge >= 0.3 is 5.68 Å². The van der Waals surface area contributed by atoms with Crippen molar-refractivity contribution in [2.24, 2.45) is 0 Å². The van der Waals surface area contributed by atoms with Gasteiger partial charge in [0.25, 0.3) is 11.8 Å². The lowest BCUT2D eigenvalue weighted by atomic mass is 10.8. The van der Waals surface area contributed by atoms with Crippen LogP contribution >= 0.6 is 0 Å². The molecule has 0 unspecified atom stereocenters. The molecule has 1 aromatic rings. The molecule has 0 radical (unpaired) electrons. The summed E-state index contributed by atoms with van der Waals surface area (Å²) < 4.78 is 4.39. The quantitative estimate of drug-likeness (QED) is 0.341. The van der Waals surface area contributed by atoms with E-state index >= 15 is 0 Å². The lowest BCUT2D eigenvalue weighted by Gasteiger charge is -1.85. The maximum absolute atomic E-state index is 8.60. The first-order chi connectivity index (χ1) is 4.13. The Bertz CT molecular complexity index is 272. The summed E-state index contributed by atoms with van der Waals surface area (Å²) in [7, 11) is 0. The van der Waals surface area contributed by atoms with E-state index in [0.717, 1.165) is 0 Å². The van der Waals surface area contributed by atoms with Gasteiger partial charge in [0.05, 0.1) is 0 Å². The smallest absolute Gasteiger partial charge is 0.333 e. The average Bonchev–Trinajstić information content (AvgIpc) is 1.98. The third-order valence-corrected chi connectivity index (χ3v) is 0.820. The Balaban J connectivity index is 3.47. The number of nitrogens with one attached hydrogen (secondary N) is 1. The van der Waals surface area contributed by atoms with Gasteiger partial charge in [0, 0.05) is 0 Å². The molecule has 0 fully saturated rings. The van der Waals surface area contributed by atoms with E-state index in [-0.39, 0.29) is 10.6 Å². The van der Waals surface area contributed by atoms with Crippen LogP contribution in [0.5, 0.6) is 5.88 Å². The number of anilines is 1. The molecule has 5 N–H and O–H groups in total. The Morgan fingerprint density at radius 3 is 2.33 bits per heavy atom. The van der Waals surface area contributed by atoms with Crippen LogP contribution < -0.4 is 11.4 Å². The van der Waals surface area contributed by atoms with Gasteiger partial charge in [-0.3, -0.25) is 0 Å². The van der Waals surface area contributed by atoms with E-state index in [1.165, 1.54) is 0 Å². The second-order valence-corrected chi connectivity index (χ2v) is 1.41. The number of aromatic nitrogens is 1. The minimum atomic E-state index is -0.653. The van der Waals surface area contributed by atoms with Crippen LogP contribution in [0.3, 0.4) is 0 Å². The summed E-state index contributed by atoms with van der Waals surface area (Å²) in [5.41, 5.74) is 4.32. The molecular weight excluding hydrogens is 126 g/mol. The average molecular weight is 131 g/mol. The number of nitrogens with zero attached hydrogens (tertiary/aromatic N) is 1. The van der Waals surface area contributed by atoms with Gasteiger partial charge in [-0.15, -0.1) is 0 Å². The molecule has 0 bridgehead atoms. The van der Waals surface area contributed by atoms with Crippen LogP contribution in [-0.2, 0) is 0 Å². The molecule has 0 saturated heterocycles. The Hall–Kier alpha value is -1.59. The van der Waals surface area contributed by atoms with Crippen LogP contribution in [0, 0.1) is 5.41 Å². The predicted octanol–water partition coefficient (Wildman–Crippen LogP) is -0.914. The molecule has 0 amide bonds. The normalized spacial score (nSPS) is 9.78. The molecule has 1 rings (SSSR count). The van der Waals surface area contributed by atoms with E-state index in [4.69, 9.17) is 21.5 Å². The second kappa shape index (κ2) is 1.44. The monoisotopic (exact) mass is 131 g/mol. The van der Waals surface area contributed by atoms with E-state index in [9.17, 15) is 0 Å². The maximum atomic E-state index is 8.60. The minimum Gasteiger partial charge on any atom is -0.489 e. The van der Waals surface area contributed by atoms with E-state index in [0.29, 0.717) is 0 Å². The van der Waals surface area contributed by atoms with Crippen LogP contribution in [0.25, 0.3) is 0 Å². The van der Waals surface area contributed by atoms with Gasteiger partial charge in [0.15, 0.2) is 0 Å². The Morgan fingerprint density at radius 1 is 1.67 bits per heavy atom. The fraction of sp³-hybridized carbons (Fsp3) is 0. The van der Waals surface area contributed by atoms with Crippen LogP contribution in [0.4, 0.5) is 5.88 Å². The molecule has 9 heavy (non-hydrogen) atoms. The van der Waals surface area contributed by atoms with Gasteiger partial charge in [0.1, 0.15) is 0 Å². The largest absolute Gasteiger partial charge is 0.489 e. The highest BCUT2D eigenvalue weighted by Crippen LogP contribution is 2.13. The van der Waals surface area contributed by atoms with Crippen molar-refractivity contribution in [1.82, 2.24) is 4.73 Å². The lowest BCUT2D eigenvalue weighted by molar-refractivity contribution is 0.132. The zero-order valence-electron chi connectivity index (χ0n) is 4.33. The zero-order valence-corrected chi connectivity index (χ0v) is 4.33. The Morgan fingerprint density at radius 2 is 2.22 bits per heavy atom. The van der Waals surface area contributed by atoms with E-state index in [2.05, 4.69) is 4.42 Å². The summed E-state index contributed by atoms with van der Waals surface area (Å²) >= 11 is 0. The van der Waals surface area contributed by atoms with Crippen molar-refractivity contribution in [3.63, 3.8) is 0 Å². The van der Waals surface area contributed by atoms with E-state index in [1.54, 1.807) is 0 Å². The highest BCUT2D eigenvalue weighted by atomic mass is 16.5. The van der Waals surface area contributed by atoms with E-state index in [1.807, 2.05) is 0 Å². The number of nitrogens with two attached hydrogens (primary N) is 1. The molecule has 6 heteroatoms. The first-order valence-electron chi connectivity index (χ1n) is 2.07. The van der Waals surface area contributed by atoms with Crippen molar-refractivity contribution >= 4 is 5.88 Å².